The van der Waals surface area contributed by atoms with Crippen LogP contribution in [0.1, 0.15) is 25.3 Å². The number of fused-ring (bicyclic) bond motifs is 2. The summed E-state index contributed by atoms with van der Waals surface area (Å²) < 4.78 is 25.4. The summed E-state index contributed by atoms with van der Waals surface area (Å²) in [6, 6.07) is 12.3. The summed E-state index contributed by atoms with van der Waals surface area (Å²) in [5, 5.41) is 14.2. The Bertz CT molecular complexity index is 1900. The van der Waals surface area contributed by atoms with E-state index in [4.69, 9.17) is 9.72 Å². The highest BCUT2D eigenvalue weighted by Gasteiger charge is 2.28. The maximum atomic E-state index is 15.6. The molecule has 1 aliphatic heterocycles. The molecular weight excluding hydrogens is 537 g/mol. The summed E-state index contributed by atoms with van der Waals surface area (Å²) in [4.78, 5) is 25.5. The minimum Gasteiger partial charge on any atom is -0.457 e. The van der Waals surface area contributed by atoms with Gasteiger partial charge in [-0.3, -0.25) is 4.79 Å². The van der Waals surface area contributed by atoms with Crippen LogP contribution in [0.3, 0.4) is 0 Å². The predicted octanol–water partition coefficient (Wildman–Crippen LogP) is 4.86. The van der Waals surface area contributed by atoms with Crippen LogP contribution in [0.2, 0.25) is 0 Å². The van der Waals surface area contributed by atoms with Gasteiger partial charge in [-0.1, -0.05) is 11.8 Å². The van der Waals surface area contributed by atoms with Gasteiger partial charge in [0.2, 0.25) is 11.4 Å². The van der Waals surface area contributed by atoms with Crippen LogP contribution in [-0.4, -0.2) is 58.7 Å². The molecule has 3 aromatic heterocycles. The lowest BCUT2D eigenvalue weighted by Crippen LogP contribution is -2.45. The molecule has 0 saturated carbocycles. The Morgan fingerprint density at radius 3 is 2.86 bits per heavy atom. The molecule has 1 atom stereocenters. The fraction of sp³-hybridized carbons (Fsp3) is 0.233. The molecule has 0 spiro atoms. The molecule has 1 amide bonds. The third-order valence-corrected chi connectivity index (χ3v) is 7.45. The Kier molecular flexibility index (Phi) is 7.03. The number of hydrogen-bond donors (Lipinski definition) is 2. The molecule has 1 aliphatic rings. The van der Waals surface area contributed by atoms with Crippen molar-refractivity contribution in [3.8, 4) is 11.5 Å². The first kappa shape index (κ1) is 26.9. The Morgan fingerprint density at radius 2 is 2.02 bits per heavy atom. The number of ether oxygens (including phenoxy) is 1. The van der Waals surface area contributed by atoms with Gasteiger partial charge in [0.05, 0.1) is 23.8 Å². The highest BCUT2D eigenvalue weighted by atomic mass is 19.1. The van der Waals surface area contributed by atoms with E-state index >= 15 is 4.39 Å². The molecule has 4 heterocycles. The summed E-state index contributed by atoms with van der Waals surface area (Å²) in [6.07, 6.45) is 4.39. The molecule has 0 fully saturated rings. The SMILES string of the molecule is C=CC(=O)N[C@@H]1CCC[N+](c2ccc3ncnc(Nc4ccc(Oc5ccc6c(c5)nnn6C)c(C)c4F)c3n2)=C1C. The summed E-state index contributed by atoms with van der Waals surface area (Å²) in [5.74, 6) is 1.28. The Labute approximate surface area is 240 Å². The molecule has 2 aromatic carbocycles. The standard InChI is InChI=1S/C30H28FN9O2/c1-5-27(41)34-20-7-6-14-40(18(20)3)26-13-10-22-29(36-26)30(33-16-32-22)35-21-9-12-25(17(2)28(21)31)42-19-8-11-24-23(15-19)37-38-39(24)4/h5,8-13,15-16,20H,1,6-7,14H2,2-4H3,(H-,32,33,34,35,41)/p+1/t20-/m1/s1. The van der Waals surface area contributed by atoms with Crippen molar-refractivity contribution in [1.82, 2.24) is 35.3 Å². The number of rotatable bonds is 7. The lowest BCUT2D eigenvalue weighted by molar-refractivity contribution is -0.452. The fourth-order valence-electron chi connectivity index (χ4n) is 5.11. The van der Waals surface area contributed by atoms with Crippen LogP contribution < -0.4 is 15.4 Å². The van der Waals surface area contributed by atoms with Gasteiger partial charge in [0.15, 0.2) is 11.6 Å². The van der Waals surface area contributed by atoms with Crippen molar-refractivity contribution >= 4 is 51.0 Å². The van der Waals surface area contributed by atoms with Crippen LogP contribution in [0.4, 0.5) is 21.7 Å². The van der Waals surface area contributed by atoms with E-state index in [1.165, 1.54) is 12.4 Å². The van der Waals surface area contributed by atoms with E-state index < -0.39 is 5.82 Å². The number of carbonyl (C=O) groups is 1. The first-order chi connectivity index (χ1) is 20.3. The van der Waals surface area contributed by atoms with Crippen molar-refractivity contribution in [3.63, 3.8) is 0 Å². The summed E-state index contributed by atoms with van der Waals surface area (Å²) in [7, 11) is 1.81. The highest BCUT2D eigenvalue weighted by Crippen LogP contribution is 2.33. The zero-order valence-electron chi connectivity index (χ0n) is 23.4. The topological polar surface area (TPSA) is 123 Å². The number of aryl methyl sites for hydroxylation is 1. The van der Waals surface area contributed by atoms with Crippen molar-refractivity contribution in [3.05, 3.63) is 72.8 Å². The minimum atomic E-state index is -0.475. The van der Waals surface area contributed by atoms with Gasteiger partial charge in [-0.05, 0) is 68.1 Å². The van der Waals surface area contributed by atoms with E-state index in [-0.39, 0.29) is 17.6 Å². The summed E-state index contributed by atoms with van der Waals surface area (Å²) in [6.45, 7) is 7.93. The van der Waals surface area contributed by atoms with Gasteiger partial charge in [-0.15, -0.1) is 5.10 Å². The van der Waals surface area contributed by atoms with Crippen molar-refractivity contribution < 1.29 is 18.5 Å². The summed E-state index contributed by atoms with van der Waals surface area (Å²) in [5.41, 5.74) is 4.19. The molecule has 0 bridgehead atoms. The molecule has 12 heteroatoms. The van der Waals surface area contributed by atoms with Crippen molar-refractivity contribution in [2.45, 2.75) is 32.7 Å². The average Bonchev–Trinajstić information content (AvgIpc) is 3.37. The smallest absolute Gasteiger partial charge is 0.324 e. The first-order valence-corrected chi connectivity index (χ1v) is 13.5. The van der Waals surface area contributed by atoms with Crippen LogP contribution in [0, 0.1) is 12.7 Å². The lowest BCUT2D eigenvalue weighted by Gasteiger charge is -2.24. The maximum Gasteiger partial charge on any atom is 0.324 e. The largest absolute Gasteiger partial charge is 0.457 e. The molecule has 0 radical (unpaired) electrons. The second-order valence-corrected chi connectivity index (χ2v) is 10.1. The van der Waals surface area contributed by atoms with Gasteiger partial charge in [0.1, 0.15) is 34.6 Å². The number of carbonyl (C=O) groups excluding carboxylic acids is 1. The number of anilines is 2. The second kappa shape index (κ2) is 11.0. The fourth-order valence-corrected chi connectivity index (χ4v) is 5.11. The van der Waals surface area contributed by atoms with E-state index in [1.54, 1.807) is 35.9 Å². The zero-order valence-corrected chi connectivity index (χ0v) is 23.4. The zero-order chi connectivity index (χ0) is 29.4. The Balaban J connectivity index is 1.29. The van der Waals surface area contributed by atoms with Gasteiger partial charge >= 0.3 is 5.82 Å². The van der Waals surface area contributed by atoms with Crippen LogP contribution in [-0.2, 0) is 11.8 Å². The Morgan fingerprint density at radius 1 is 1.17 bits per heavy atom. The van der Waals surface area contributed by atoms with E-state index in [9.17, 15) is 4.79 Å². The number of halogens is 1. The predicted molar refractivity (Wildman–Crippen MR) is 157 cm³/mol. The molecular formula is C30H29FN9O2+. The summed E-state index contributed by atoms with van der Waals surface area (Å²) >= 11 is 0. The third kappa shape index (κ3) is 5.02. The first-order valence-electron chi connectivity index (χ1n) is 13.5. The number of pyridine rings is 1. The number of aromatic nitrogens is 6. The molecule has 11 nitrogen and oxygen atoms in total. The molecule has 6 rings (SSSR count). The minimum absolute atomic E-state index is 0.119. The molecule has 2 N–H and O–H groups in total. The average molecular weight is 567 g/mol. The van der Waals surface area contributed by atoms with Crippen LogP contribution in [0.15, 0.2) is 61.4 Å². The quantitative estimate of drug-likeness (QED) is 0.212. The second-order valence-electron chi connectivity index (χ2n) is 10.1. The van der Waals surface area contributed by atoms with E-state index in [0.29, 0.717) is 45.2 Å². The highest BCUT2D eigenvalue weighted by molar-refractivity contribution is 5.93. The van der Waals surface area contributed by atoms with Crippen molar-refractivity contribution in [2.75, 3.05) is 11.9 Å². The molecule has 0 aliphatic carbocycles. The molecule has 42 heavy (non-hydrogen) atoms. The van der Waals surface area contributed by atoms with Gasteiger partial charge in [0, 0.05) is 24.7 Å². The maximum absolute atomic E-state index is 15.6. The number of amides is 1. The van der Waals surface area contributed by atoms with E-state index in [1.807, 2.05) is 32.2 Å². The van der Waals surface area contributed by atoms with Crippen molar-refractivity contribution in [2.24, 2.45) is 7.05 Å². The van der Waals surface area contributed by atoms with Gasteiger partial charge < -0.3 is 15.4 Å². The van der Waals surface area contributed by atoms with Gasteiger partial charge in [0.25, 0.3) is 0 Å². The number of nitrogens with one attached hydrogen (secondary N) is 2. The van der Waals surface area contributed by atoms with Crippen LogP contribution >= 0.6 is 0 Å². The lowest BCUT2D eigenvalue weighted by atomic mass is 10.0. The number of hydrogen-bond acceptors (Lipinski definition) is 8. The van der Waals surface area contributed by atoms with Gasteiger partial charge in [-0.2, -0.15) is 0 Å². The number of benzene rings is 2. The van der Waals surface area contributed by atoms with Crippen LogP contribution in [0.5, 0.6) is 11.5 Å². The molecule has 0 unspecified atom stereocenters. The number of nitrogens with zero attached hydrogens (tertiary/aromatic N) is 7. The van der Waals surface area contributed by atoms with Crippen molar-refractivity contribution in [1.29, 1.82) is 0 Å². The Hall–Kier alpha value is -5.26. The van der Waals surface area contributed by atoms with Gasteiger partial charge in [-0.25, -0.2) is 23.6 Å². The van der Waals surface area contributed by atoms with Crippen LogP contribution in [0.25, 0.3) is 22.1 Å². The molecule has 5 aromatic rings. The van der Waals surface area contributed by atoms with E-state index in [2.05, 4.69) is 42.1 Å². The third-order valence-electron chi connectivity index (χ3n) is 7.45. The molecule has 212 valence electrons. The van der Waals surface area contributed by atoms with E-state index in [0.717, 1.165) is 30.6 Å². The normalized spacial score (nSPS) is 15.2. The monoisotopic (exact) mass is 566 g/mol. The molecule has 0 saturated heterocycles.